The zero-order valence-corrected chi connectivity index (χ0v) is 11.4. The predicted octanol–water partition coefficient (Wildman–Crippen LogP) is 0.174. The Kier molecular flexibility index (Phi) is 4.42. The van der Waals surface area contributed by atoms with Crippen LogP contribution in [0.4, 0.5) is 0 Å². The molecule has 1 heterocycles. The number of hydrogen-bond donors (Lipinski definition) is 1. The number of aliphatic carboxylic acids is 1. The van der Waals surface area contributed by atoms with E-state index < -0.39 is 5.97 Å². The Morgan fingerprint density at radius 2 is 1.84 bits per heavy atom. The van der Waals surface area contributed by atoms with Crippen molar-refractivity contribution >= 4 is 11.9 Å². The lowest BCUT2D eigenvalue weighted by atomic mass is 9.77. The Morgan fingerprint density at radius 1 is 1.21 bits per heavy atom. The second-order valence-corrected chi connectivity index (χ2v) is 5.47. The van der Waals surface area contributed by atoms with Crippen LogP contribution in [0.2, 0.25) is 0 Å². The first-order chi connectivity index (χ1) is 9.04. The van der Waals surface area contributed by atoms with Crippen molar-refractivity contribution in [2.45, 2.75) is 31.3 Å². The number of hydrogen-bond acceptors (Lipinski definition) is 4. The van der Waals surface area contributed by atoms with Crippen LogP contribution in [0.1, 0.15) is 25.7 Å². The summed E-state index contributed by atoms with van der Waals surface area (Å²) in [6.07, 6.45) is 3.53. The highest BCUT2D eigenvalue weighted by atomic mass is 16.5. The first-order valence-electron chi connectivity index (χ1n) is 6.82. The second-order valence-electron chi connectivity index (χ2n) is 5.47. The summed E-state index contributed by atoms with van der Waals surface area (Å²) in [4.78, 5) is 26.5. The van der Waals surface area contributed by atoms with Gasteiger partial charge in [-0.15, -0.1) is 0 Å². The molecule has 0 unspecified atom stereocenters. The molecule has 0 aromatic rings. The van der Waals surface area contributed by atoms with E-state index in [9.17, 15) is 9.59 Å². The van der Waals surface area contributed by atoms with Gasteiger partial charge in [0.05, 0.1) is 18.6 Å². The number of carboxylic acids is 1. The van der Waals surface area contributed by atoms with E-state index in [2.05, 4.69) is 0 Å². The molecule has 1 N–H and O–H groups in total. The molecule has 2 fully saturated rings. The van der Waals surface area contributed by atoms with Crippen molar-refractivity contribution in [2.75, 3.05) is 39.8 Å². The highest BCUT2D eigenvalue weighted by Crippen LogP contribution is 2.38. The van der Waals surface area contributed by atoms with E-state index in [-0.39, 0.29) is 18.1 Å². The normalized spacial score (nSPS) is 22.9. The lowest BCUT2D eigenvalue weighted by molar-refractivity contribution is -0.146. The van der Waals surface area contributed by atoms with Gasteiger partial charge in [-0.2, -0.15) is 0 Å². The Hall–Kier alpha value is -1.14. The number of amides is 1. The monoisotopic (exact) mass is 270 g/mol. The summed E-state index contributed by atoms with van der Waals surface area (Å²) in [5.41, 5.74) is -0.227. The third-order valence-electron chi connectivity index (χ3n) is 4.26. The van der Waals surface area contributed by atoms with Gasteiger partial charge in [-0.1, -0.05) is 0 Å². The summed E-state index contributed by atoms with van der Waals surface area (Å²) >= 11 is 0. The molecule has 0 spiro atoms. The van der Waals surface area contributed by atoms with Gasteiger partial charge in [-0.05, 0) is 19.3 Å². The van der Waals surface area contributed by atoms with Crippen molar-refractivity contribution in [1.82, 2.24) is 9.80 Å². The van der Waals surface area contributed by atoms with Gasteiger partial charge in [0.25, 0.3) is 0 Å². The highest BCUT2D eigenvalue weighted by molar-refractivity contribution is 5.77. The van der Waals surface area contributed by atoms with Crippen LogP contribution in [0.5, 0.6) is 0 Å². The number of carbonyl (C=O) groups excluding carboxylic acids is 1. The maximum atomic E-state index is 12.2. The number of nitrogens with zero attached hydrogens (tertiary/aromatic N) is 2. The minimum atomic E-state index is -0.812. The maximum absolute atomic E-state index is 12.2. The molecule has 6 heteroatoms. The van der Waals surface area contributed by atoms with E-state index in [4.69, 9.17) is 9.84 Å². The molecule has 108 valence electrons. The molecule has 0 atom stereocenters. The zero-order chi connectivity index (χ0) is 13.9. The molecule has 2 aliphatic rings. The molecule has 0 radical (unpaired) electrons. The average Bonchev–Trinajstić information content (AvgIpc) is 2.34. The summed E-state index contributed by atoms with van der Waals surface area (Å²) in [5, 5.41) is 8.73. The molecular formula is C13H22N2O4. The second kappa shape index (κ2) is 5.88. The third kappa shape index (κ3) is 3.45. The third-order valence-corrected chi connectivity index (χ3v) is 4.26. The molecule has 1 amide bonds. The number of methoxy groups -OCH3 is 1. The van der Waals surface area contributed by atoms with Crippen LogP contribution in [-0.4, -0.2) is 72.2 Å². The fourth-order valence-corrected chi connectivity index (χ4v) is 2.76. The number of carboxylic acid groups (broad SMARTS) is 1. The summed E-state index contributed by atoms with van der Waals surface area (Å²) in [7, 11) is 1.68. The van der Waals surface area contributed by atoms with Gasteiger partial charge < -0.3 is 14.7 Å². The Bertz CT molecular complexity index is 341. The van der Waals surface area contributed by atoms with Crippen molar-refractivity contribution in [1.29, 1.82) is 0 Å². The smallest absolute Gasteiger partial charge is 0.317 e. The standard InChI is InChI=1S/C13H22N2O4/c1-19-13(3-2-4-13)9-11(16)15-7-5-14(6-8-15)10-12(17)18/h2-10H2,1H3,(H,17,18). The van der Waals surface area contributed by atoms with E-state index in [1.54, 1.807) is 7.11 Å². The van der Waals surface area contributed by atoms with Crippen LogP contribution in [0.25, 0.3) is 0 Å². The van der Waals surface area contributed by atoms with Gasteiger partial charge in [0.1, 0.15) is 0 Å². The van der Waals surface area contributed by atoms with Crippen molar-refractivity contribution < 1.29 is 19.4 Å². The van der Waals surface area contributed by atoms with Crippen LogP contribution in [0.3, 0.4) is 0 Å². The van der Waals surface area contributed by atoms with Gasteiger partial charge in [0.2, 0.25) is 5.91 Å². The van der Waals surface area contributed by atoms with Crippen molar-refractivity contribution in [3.8, 4) is 0 Å². The predicted molar refractivity (Wildman–Crippen MR) is 68.9 cm³/mol. The molecule has 2 rings (SSSR count). The zero-order valence-electron chi connectivity index (χ0n) is 11.4. The molecular weight excluding hydrogens is 248 g/mol. The van der Waals surface area contributed by atoms with Crippen LogP contribution >= 0.6 is 0 Å². The van der Waals surface area contributed by atoms with E-state index in [0.29, 0.717) is 32.6 Å². The molecule has 0 aromatic heterocycles. The van der Waals surface area contributed by atoms with E-state index >= 15 is 0 Å². The summed E-state index contributed by atoms with van der Waals surface area (Å²) < 4.78 is 5.47. The first kappa shape index (κ1) is 14.3. The van der Waals surface area contributed by atoms with Gasteiger partial charge in [-0.3, -0.25) is 14.5 Å². The fraction of sp³-hybridized carbons (Fsp3) is 0.846. The Morgan fingerprint density at radius 3 is 2.26 bits per heavy atom. The van der Waals surface area contributed by atoms with Gasteiger partial charge in [0, 0.05) is 33.3 Å². The van der Waals surface area contributed by atoms with E-state index in [1.807, 2.05) is 9.80 Å². The quantitative estimate of drug-likeness (QED) is 0.771. The summed E-state index contributed by atoms with van der Waals surface area (Å²) in [5.74, 6) is -0.677. The van der Waals surface area contributed by atoms with Crippen molar-refractivity contribution in [3.05, 3.63) is 0 Å². The SMILES string of the molecule is COC1(CC(=O)N2CCN(CC(=O)O)CC2)CCC1. The van der Waals surface area contributed by atoms with E-state index in [1.165, 1.54) is 0 Å². The molecule has 0 aromatic carbocycles. The highest BCUT2D eigenvalue weighted by Gasteiger charge is 2.40. The lowest BCUT2D eigenvalue weighted by Gasteiger charge is -2.42. The molecule has 1 saturated carbocycles. The van der Waals surface area contributed by atoms with Gasteiger partial charge in [-0.25, -0.2) is 0 Å². The van der Waals surface area contributed by atoms with Crippen LogP contribution in [0.15, 0.2) is 0 Å². The number of ether oxygens (including phenoxy) is 1. The number of piperazine rings is 1. The summed E-state index contributed by atoms with van der Waals surface area (Å²) in [6.45, 7) is 2.57. The minimum absolute atomic E-state index is 0.0596. The molecule has 1 aliphatic carbocycles. The molecule has 19 heavy (non-hydrogen) atoms. The molecule has 0 bridgehead atoms. The summed E-state index contributed by atoms with van der Waals surface area (Å²) in [6, 6.07) is 0. The number of rotatable bonds is 5. The largest absolute Gasteiger partial charge is 0.480 e. The number of carbonyl (C=O) groups is 2. The van der Waals surface area contributed by atoms with Crippen LogP contribution in [0, 0.1) is 0 Å². The first-order valence-corrected chi connectivity index (χ1v) is 6.82. The Labute approximate surface area is 113 Å². The van der Waals surface area contributed by atoms with Crippen molar-refractivity contribution in [3.63, 3.8) is 0 Å². The van der Waals surface area contributed by atoms with Gasteiger partial charge in [0.15, 0.2) is 0 Å². The lowest BCUT2D eigenvalue weighted by Crippen LogP contribution is -2.52. The minimum Gasteiger partial charge on any atom is -0.480 e. The Balaban J connectivity index is 1.77. The van der Waals surface area contributed by atoms with Gasteiger partial charge >= 0.3 is 5.97 Å². The van der Waals surface area contributed by atoms with Crippen LogP contribution in [-0.2, 0) is 14.3 Å². The topological polar surface area (TPSA) is 70.1 Å². The van der Waals surface area contributed by atoms with Crippen molar-refractivity contribution in [2.24, 2.45) is 0 Å². The molecule has 1 saturated heterocycles. The average molecular weight is 270 g/mol. The maximum Gasteiger partial charge on any atom is 0.317 e. The molecule has 1 aliphatic heterocycles. The van der Waals surface area contributed by atoms with Crippen LogP contribution < -0.4 is 0 Å². The fourth-order valence-electron chi connectivity index (χ4n) is 2.76. The van der Waals surface area contributed by atoms with E-state index in [0.717, 1.165) is 19.3 Å². The molecule has 6 nitrogen and oxygen atoms in total.